The summed E-state index contributed by atoms with van der Waals surface area (Å²) in [6, 6.07) is 27.4. The fraction of sp³-hybridized carbons (Fsp3) is 0.257. The van der Waals surface area contributed by atoms with Crippen LogP contribution in [0.1, 0.15) is 31.4 Å². The quantitative estimate of drug-likeness (QED) is 0.159. The second kappa shape index (κ2) is 16.0. The van der Waals surface area contributed by atoms with Gasteiger partial charge in [-0.05, 0) is 67.4 Å². The summed E-state index contributed by atoms with van der Waals surface area (Å²) in [5.74, 6) is -0.477. The van der Waals surface area contributed by atoms with Crippen molar-refractivity contribution in [3.8, 4) is 5.75 Å². The van der Waals surface area contributed by atoms with E-state index in [9.17, 15) is 18.0 Å². The lowest BCUT2D eigenvalue weighted by atomic mass is 10.0. The van der Waals surface area contributed by atoms with E-state index < -0.39 is 28.5 Å². The van der Waals surface area contributed by atoms with E-state index in [0.717, 1.165) is 9.87 Å². The first-order valence-electron chi connectivity index (χ1n) is 14.8. The molecule has 11 heteroatoms. The Bertz CT molecular complexity index is 1700. The fourth-order valence-corrected chi connectivity index (χ4v) is 6.80. The third-order valence-corrected chi connectivity index (χ3v) is 10.1. The first-order valence-corrected chi connectivity index (χ1v) is 17.0. The average molecular weight is 683 g/mol. The highest BCUT2D eigenvalue weighted by Crippen LogP contribution is 2.29. The highest BCUT2D eigenvalue weighted by atomic mass is 35.5. The molecule has 0 aromatic heterocycles. The Balaban J connectivity index is 1.83. The number of hydrogen-bond acceptors (Lipinski definition) is 5. The normalized spacial score (nSPS) is 12.5. The van der Waals surface area contributed by atoms with Gasteiger partial charge in [-0.1, -0.05) is 84.7 Å². The van der Waals surface area contributed by atoms with Crippen molar-refractivity contribution in [2.75, 3.05) is 18.0 Å². The summed E-state index contributed by atoms with van der Waals surface area (Å²) in [5, 5.41) is 3.64. The molecule has 8 nitrogen and oxygen atoms in total. The third kappa shape index (κ3) is 8.60. The van der Waals surface area contributed by atoms with Gasteiger partial charge in [0, 0.05) is 34.6 Å². The molecule has 2 amide bonds. The van der Waals surface area contributed by atoms with E-state index in [1.165, 1.54) is 24.1 Å². The predicted molar refractivity (Wildman–Crippen MR) is 183 cm³/mol. The van der Waals surface area contributed by atoms with Crippen LogP contribution in [0, 0.1) is 0 Å². The summed E-state index contributed by atoms with van der Waals surface area (Å²) in [7, 11) is -2.72. The van der Waals surface area contributed by atoms with E-state index >= 15 is 0 Å². The molecule has 4 aromatic carbocycles. The number of ether oxygens (including phenoxy) is 1. The van der Waals surface area contributed by atoms with Crippen molar-refractivity contribution in [3.63, 3.8) is 0 Å². The Morgan fingerprint density at radius 1 is 0.848 bits per heavy atom. The Morgan fingerprint density at radius 3 is 2.00 bits per heavy atom. The van der Waals surface area contributed by atoms with Gasteiger partial charge in [-0.15, -0.1) is 0 Å². The van der Waals surface area contributed by atoms with Crippen LogP contribution in [0.3, 0.4) is 0 Å². The smallest absolute Gasteiger partial charge is 0.264 e. The molecule has 0 heterocycles. The van der Waals surface area contributed by atoms with Crippen molar-refractivity contribution in [2.24, 2.45) is 0 Å². The van der Waals surface area contributed by atoms with Crippen LogP contribution in [0.25, 0.3) is 0 Å². The van der Waals surface area contributed by atoms with Crippen molar-refractivity contribution in [3.05, 3.63) is 124 Å². The molecule has 0 fully saturated rings. The number of rotatable bonds is 14. The van der Waals surface area contributed by atoms with E-state index in [1.807, 2.05) is 44.2 Å². The number of anilines is 1. The standard InChI is InChI=1S/C35H37Cl2N3O5S/c1-4-25(2)38-35(42)33(22-26-12-7-5-8-13-26)39(23-30-31(36)16-11-17-32(30)37)34(41)24-40(27-18-20-28(45-3)21-19-27)46(43,44)29-14-9-6-10-15-29/h5-21,25,33H,4,22-24H2,1-3H3,(H,38,42)/t25-,33+/m1/s1. The number of nitrogens with zero attached hydrogens (tertiary/aromatic N) is 2. The molecule has 0 unspecified atom stereocenters. The molecular weight excluding hydrogens is 645 g/mol. The maximum absolute atomic E-state index is 14.6. The number of nitrogens with one attached hydrogen (secondary N) is 1. The molecule has 0 saturated carbocycles. The van der Waals surface area contributed by atoms with Gasteiger partial charge in [-0.25, -0.2) is 8.42 Å². The fourth-order valence-electron chi connectivity index (χ4n) is 4.85. The van der Waals surface area contributed by atoms with E-state index in [-0.39, 0.29) is 35.5 Å². The second-order valence-electron chi connectivity index (χ2n) is 10.8. The van der Waals surface area contributed by atoms with Gasteiger partial charge in [0.25, 0.3) is 10.0 Å². The molecular formula is C35H37Cl2N3O5S. The Labute approximate surface area is 280 Å². The molecule has 0 spiro atoms. The van der Waals surface area contributed by atoms with Crippen molar-refractivity contribution < 1.29 is 22.7 Å². The van der Waals surface area contributed by atoms with Gasteiger partial charge in [0.05, 0.1) is 17.7 Å². The van der Waals surface area contributed by atoms with E-state index in [2.05, 4.69) is 5.32 Å². The molecule has 0 aliphatic heterocycles. The number of methoxy groups -OCH3 is 1. The number of benzene rings is 4. The summed E-state index contributed by atoms with van der Waals surface area (Å²) in [4.78, 5) is 29.9. The maximum Gasteiger partial charge on any atom is 0.264 e. The first kappa shape index (κ1) is 34.8. The Kier molecular flexibility index (Phi) is 12.1. The van der Waals surface area contributed by atoms with Gasteiger partial charge in [0.1, 0.15) is 18.3 Å². The summed E-state index contributed by atoms with van der Waals surface area (Å²) in [5.41, 5.74) is 1.51. The van der Waals surface area contributed by atoms with Crippen molar-refractivity contribution in [1.82, 2.24) is 10.2 Å². The molecule has 0 aliphatic rings. The van der Waals surface area contributed by atoms with E-state index in [4.69, 9.17) is 27.9 Å². The molecule has 0 radical (unpaired) electrons. The largest absolute Gasteiger partial charge is 0.497 e. The zero-order valence-electron chi connectivity index (χ0n) is 25.9. The molecule has 0 saturated heterocycles. The van der Waals surface area contributed by atoms with Crippen LogP contribution >= 0.6 is 23.2 Å². The molecule has 46 heavy (non-hydrogen) atoms. The minimum Gasteiger partial charge on any atom is -0.497 e. The van der Waals surface area contributed by atoms with Crippen LogP contribution < -0.4 is 14.4 Å². The van der Waals surface area contributed by atoms with Crippen molar-refractivity contribution in [1.29, 1.82) is 0 Å². The summed E-state index contributed by atoms with van der Waals surface area (Å²) in [6.07, 6.45) is 0.847. The summed E-state index contributed by atoms with van der Waals surface area (Å²) in [6.45, 7) is 3.09. The number of carbonyl (C=O) groups excluding carboxylic acids is 2. The van der Waals surface area contributed by atoms with Crippen LogP contribution in [0.4, 0.5) is 5.69 Å². The average Bonchev–Trinajstić information content (AvgIpc) is 3.07. The number of carbonyl (C=O) groups is 2. The zero-order chi connectivity index (χ0) is 33.3. The minimum atomic E-state index is -4.23. The van der Waals surface area contributed by atoms with E-state index in [1.54, 1.807) is 60.7 Å². The summed E-state index contributed by atoms with van der Waals surface area (Å²) >= 11 is 13.1. The highest BCUT2D eigenvalue weighted by Gasteiger charge is 2.35. The van der Waals surface area contributed by atoms with Gasteiger partial charge in [0.2, 0.25) is 11.8 Å². The maximum atomic E-state index is 14.6. The van der Waals surface area contributed by atoms with Crippen molar-refractivity contribution in [2.45, 2.75) is 50.2 Å². The molecule has 1 N–H and O–H groups in total. The lowest BCUT2D eigenvalue weighted by Gasteiger charge is -2.34. The predicted octanol–water partition coefficient (Wildman–Crippen LogP) is 6.75. The van der Waals surface area contributed by atoms with Crippen LogP contribution in [-0.2, 0) is 32.6 Å². The van der Waals surface area contributed by atoms with Crippen LogP contribution in [0.5, 0.6) is 5.75 Å². The Morgan fingerprint density at radius 2 is 1.43 bits per heavy atom. The second-order valence-corrected chi connectivity index (χ2v) is 13.4. The Hall–Kier alpha value is -4.05. The summed E-state index contributed by atoms with van der Waals surface area (Å²) < 4.78 is 34.5. The number of sulfonamides is 1. The number of hydrogen-bond donors (Lipinski definition) is 1. The van der Waals surface area contributed by atoms with Gasteiger partial charge in [-0.3, -0.25) is 13.9 Å². The van der Waals surface area contributed by atoms with Gasteiger partial charge < -0.3 is 15.0 Å². The topological polar surface area (TPSA) is 96.0 Å². The SMILES string of the molecule is CC[C@@H](C)NC(=O)[C@H](Cc1ccccc1)N(Cc1c(Cl)cccc1Cl)C(=O)CN(c1ccc(OC)cc1)S(=O)(=O)c1ccccc1. The first-order chi connectivity index (χ1) is 22.0. The highest BCUT2D eigenvalue weighted by molar-refractivity contribution is 7.92. The lowest BCUT2D eigenvalue weighted by molar-refractivity contribution is -0.140. The zero-order valence-corrected chi connectivity index (χ0v) is 28.2. The van der Waals surface area contributed by atoms with E-state index in [0.29, 0.717) is 27.8 Å². The lowest BCUT2D eigenvalue weighted by Crippen LogP contribution is -2.54. The molecule has 4 aromatic rings. The minimum absolute atomic E-state index is 0.00895. The van der Waals surface area contributed by atoms with Crippen LogP contribution in [0.2, 0.25) is 10.0 Å². The van der Waals surface area contributed by atoms with Gasteiger partial charge >= 0.3 is 0 Å². The van der Waals surface area contributed by atoms with Crippen LogP contribution in [0.15, 0.2) is 108 Å². The molecule has 4 rings (SSSR count). The number of halogens is 2. The molecule has 0 bridgehead atoms. The molecule has 0 aliphatic carbocycles. The molecule has 2 atom stereocenters. The third-order valence-electron chi connectivity index (χ3n) is 7.63. The van der Waals surface area contributed by atoms with Crippen LogP contribution in [-0.4, -0.2) is 50.9 Å². The van der Waals surface area contributed by atoms with Crippen molar-refractivity contribution >= 4 is 50.7 Å². The number of amides is 2. The van der Waals surface area contributed by atoms with Gasteiger partial charge in [-0.2, -0.15) is 0 Å². The van der Waals surface area contributed by atoms with Gasteiger partial charge in [0.15, 0.2) is 0 Å². The monoisotopic (exact) mass is 681 g/mol. The molecule has 242 valence electrons.